The molecule has 5 heterocycles. The first-order chi connectivity index (χ1) is 15.1. The predicted octanol–water partition coefficient (Wildman–Crippen LogP) is 2.02. The topological polar surface area (TPSA) is 91.6 Å². The van der Waals surface area contributed by atoms with Gasteiger partial charge in [0.15, 0.2) is 11.6 Å². The van der Waals surface area contributed by atoms with Crippen LogP contribution in [0.2, 0.25) is 0 Å². The minimum Gasteiger partial charge on any atom is -0.389 e. The van der Waals surface area contributed by atoms with Gasteiger partial charge in [-0.15, -0.1) is 0 Å². The van der Waals surface area contributed by atoms with Gasteiger partial charge in [-0.25, -0.2) is 9.37 Å². The van der Waals surface area contributed by atoms with Crippen molar-refractivity contribution in [2.24, 2.45) is 0 Å². The van der Waals surface area contributed by atoms with E-state index in [1.165, 1.54) is 12.1 Å². The fraction of sp³-hybridized carbons (Fsp3) is 0.381. The third kappa shape index (κ3) is 2.94. The van der Waals surface area contributed by atoms with Gasteiger partial charge < -0.3 is 25.0 Å². The number of rotatable bonds is 3. The van der Waals surface area contributed by atoms with Crippen LogP contribution in [0.4, 0.5) is 21.7 Å². The lowest BCUT2D eigenvalue weighted by molar-refractivity contribution is 0.0859. The zero-order chi connectivity index (χ0) is 21.1. The minimum absolute atomic E-state index is 0.213. The number of β-amino-alcohol motifs (C(OH)–C–C–N with tert-alkyl or cyclic N) is 1. The lowest BCUT2D eigenvalue weighted by Gasteiger charge is -2.37. The molecule has 0 atom stereocenters. The molecule has 0 aliphatic carbocycles. The normalized spacial score (nSPS) is 19.6. The summed E-state index contributed by atoms with van der Waals surface area (Å²) in [7, 11) is 0. The highest BCUT2D eigenvalue weighted by Gasteiger charge is 2.38. The van der Waals surface area contributed by atoms with Crippen molar-refractivity contribution in [3.63, 3.8) is 0 Å². The molecule has 0 radical (unpaired) electrons. The first-order valence-corrected chi connectivity index (χ1v) is 10.4. The lowest BCUT2D eigenvalue weighted by Crippen LogP contribution is -2.51. The number of nitrogens with zero attached hydrogens (tertiary/aromatic N) is 6. The summed E-state index contributed by atoms with van der Waals surface area (Å²) in [5, 5.41) is 13.2. The van der Waals surface area contributed by atoms with Gasteiger partial charge in [0.05, 0.1) is 17.1 Å². The Balaban J connectivity index is 1.51. The number of aromatic nitrogens is 4. The summed E-state index contributed by atoms with van der Waals surface area (Å²) < 4.78 is 21.2. The van der Waals surface area contributed by atoms with E-state index in [9.17, 15) is 9.50 Å². The standard InChI is InChI=1S/C21H22FN7O2/c1-12-24-18-19(27-9-15(30)10-27)25-21(26-20(18)29(12)14-4-6-31-7-5-14)28-11-23-16-3-2-13(22)8-17(16)28/h2-3,8,11,14-15,24,30H,1,4-7,9-10H2. The molecule has 31 heavy (non-hydrogen) atoms. The van der Waals surface area contributed by atoms with Crippen LogP contribution in [0.15, 0.2) is 36.9 Å². The summed E-state index contributed by atoms with van der Waals surface area (Å²) in [4.78, 5) is 18.1. The van der Waals surface area contributed by atoms with Crippen molar-refractivity contribution < 1.29 is 14.2 Å². The zero-order valence-corrected chi connectivity index (χ0v) is 16.8. The number of benzene rings is 1. The van der Waals surface area contributed by atoms with E-state index in [0.29, 0.717) is 49.1 Å². The molecular formula is C21H22FN7O2. The largest absolute Gasteiger partial charge is 0.389 e. The molecule has 10 heteroatoms. The van der Waals surface area contributed by atoms with Gasteiger partial charge in [-0.2, -0.15) is 9.97 Å². The van der Waals surface area contributed by atoms with Crippen LogP contribution in [0.3, 0.4) is 0 Å². The van der Waals surface area contributed by atoms with Gasteiger partial charge in [-0.3, -0.25) is 4.57 Å². The van der Waals surface area contributed by atoms with Crippen LogP contribution < -0.4 is 15.1 Å². The minimum atomic E-state index is -0.381. The van der Waals surface area contributed by atoms with E-state index in [2.05, 4.69) is 21.8 Å². The van der Waals surface area contributed by atoms with Crippen molar-refractivity contribution >= 4 is 28.4 Å². The Morgan fingerprint density at radius 1 is 1.16 bits per heavy atom. The van der Waals surface area contributed by atoms with Crippen molar-refractivity contribution in [1.82, 2.24) is 19.5 Å². The molecule has 3 aliphatic rings. The van der Waals surface area contributed by atoms with Crippen LogP contribution >= 0.6 is 0 Å². The van der Waals surface area contributed by atoms with E-state index in [1.807, 2.05) is 4.90 Å². The Labute approximate surface area is 177 Å². The molecule has 0 bridgehead atoms. The molecule has 2 N–H and O–H groups in total. The first kappa shape index (κ1) is 18.5. The highest BCUT2D eigenvalue weighted by Crippen LogP contribution is 2.44. The lowest BCUT2D eigenvalue weighted by atomic mass is 10.1. The fourth-order valence-corrected chi connectivity index (χ4v) is 4.49. The monoisotopic (exact) mass is 423 g/mol. The number of hydrogen-bond donors (Lipinski definition) is 2. The molecule has 9 nitrogen and oxygen atoms in total. The van der Waals surface area contributed by atoms with Crippen LogP contribution in [-0.2, 0) is 4.74 Å². The second kappa shape index (κ2) is 6.89. The summed E-state index contributed by atoms with van der Waals surface area (Å²) >= 11 is 0. The molecule has 160 valence electrons. The van der Waals surface area contributed by atoms with Crippen LogP contribution in [0.5, 0.6) is 0 Å². The van der Waals surface area contributed by atoms with Crippen LogP contribution in [0, 0.1) is 5.82 Å². The Bertz CT molecular complexity index is 1180. The van der Waals surface area contributed by atoms with Gasteiger partial charge in [0.1, 0.15) is 23.7 Å². The van der Waals surface area contributed by atoms with Crippen molar-refractivity contribution in [2.75, 3.05) is 41.4 Å². The summed E-state index contributed by atoms with van der Waals surface area (Å²) in [6.45, 7) is 6.58. The Morgan fingerprint density at radius 3 is 2.71 bits per heavy atom. The summed E-state index contributed by atoms with van der Waals surface area (Å²) in [5.74, 6) is 2.23. The molecule has 0 unspecified atom stereocenters. The van der Waals surface area contributed by atoms with Crippen molar-refractivity contribution in [2.45, 2.75) is 25.0 Å². The second-order valence-corrected chi connectivity index (χ2v) is 8.14. The summed E-state index contributed by atoms with van der Waals surface area (Å²) in [6, 6.07) is 4.67. The Morgan fingerprint density at radius 2 is 1.94 bits per heavy atom. The van der Waals surface area contributed by atoms with E-state index in [4.69, 9.17) is 14.7 Å². The van der Waals surface area contributed by atoms with Crippen molar-refractivity contribution in [3.8, 4) is 5.95 Å². The molecule has 6 rings (SSSR count). The molecule has 2 saturated heterocycles. The summed E-state index contributed by atoms with van der Waals surface area (Å²) in [5.41, 5.74) is 2.04. The van der Waals surface area contributed by atoms with Gasteiger partial charge in [-0.05, 0) is 25.0 Å². The number of imidazole rings is 1. The highest BCUT2D eigenvalue weighted by atomic mass is 19.1. The number of anilines is 3. The molecule has 3 aliphatic heterocycles. The SMILES string of the molecule is C=C1Nc2c(N3CC(O)C3)nc(-n3cnc4ccc(F)cc43)nc2N1C1CCOCC1. The molecular weight excluding hydrogens is 401 g/mol. The Kier molecular flexibility index (Phi) is 4.12. The molecule has 0 amide bonds. The van der Waals surface area contributed by atoms with E-state index in [1.54, 1.807) is 17.0 Å². The summed E-state index contributed by atoms with van der Waals surface area (Å²) in [6.07, 6.45) is 2.97. The fourth-order valence-electron chi connectivity index (χ4n) is 4.49. The number of hydrogen-bond acceptors (Lipinski definition) is 8. The molecule has 2 aromatic heterocycles. The molecule has 3 aromatic rings. The van der Waals surface area contributed by atoms with E-state index in [0.717, 1.165) is 30.2 Å². The third-order valence-electron chi connectivity index (χ3n) is 6.09. The predicted molar refractivity (Wildman–Crippen MR) is 114 cm³/mol. The van der Waals surface area contributed by atoms with Crippen molar-refractivity contribution in [3.05, 3.63) is 42.7 Å². The first-order valence-electron chi connectivity index (χ1n) is 10.4. The number of ether oxygens (including phenoxy) is 1. The van der Waals surface area contributed by atoms with Gasteiger partial charge in [-0.1, -0.05) is 6.58 Å². The number of halogens is 1. The zero-order valence-electron chi connectivity index (χ0n) is 16.8. The van der Waals surface area contributed by atoms with Crippen LogP contribution in [-0.4, -0.2) is 63.1 Å². The molecule has 2 fully saturated rings. The van der Waals surface area contributed by atoms with E-state index in [-0.39, 0.29) is 18.0 Å². The average molecular weight is 423 g/mol. The van der Waals surface area contributed by atoms with E-state index >= 15 is 0 Å². The maximum atomic E-state index is 13.9. The van der Waals surface area contributed by atoms with Gasteiger partial charge in [0, 0.05) is 38.4 Å². The van der Waals surface area contributed by atoms with Crippen LogP contribution in [0.25, 0.3) is 17.0 Å². The Hall–Kier alpha value is -3.24. The maximum Gasteiger partial charge on any atom is 0.239 e. The third-order valence-corrected chi connectivity index (χ3v) is 6.09. The smallest absolute Gasteiger partial charge is 0.239 e. The quantitative estimate of drug-likeness (QED) is 0.661. The van der Waals surface area contributed by atoms with Gasteiger partial charge in [0.25, 0.3) is 0 Å². The van der Waals surface area contributed by atoms with E-state index < -0.39 is 0 Å². The average Bonchev–Trinajstić information content (AvgIpc) is 3.31. The van der Waals surface area contributed by atoms with Gasteiger partial charge in [0.2, 0.25) is 5.95 Å². The number of aliphatic hydroxyl groups is 1. The molecule has 1 aromatic carbocycles. The second-order valence-electron chi connectivity index (χ2n) is 8.14. The van der Waals surface area contributed by atoms with Gasteiger partial charge >= 0.3 is 0 Å². The van der Waals surface area contributed by atoms with Crippen LogP contribution in [0.1, 0.15) is 12.8 Å². The highest BCUT2D eigenvalue weighted by molar-refractivity contribution is 5.88. The maximum absolute atomic E-state index is 13.9. The number of aliphatic hydroxyl groups excluding tert-OH is 1. The molecule has 0 saturated carbocycles. The number of nitrogens with one attached hydrogen (secondary N) is 1. The number of fused-ring (bicyclic) bond motifs is 2. The van der Waals surface area contributed by atoms with Crippen molar-refractivity contribution in [1.29, 1.82) is 0 Å². The molecule has 0 spiro atoms.